The first-order chi connectivity index (χ1) is 13.8. The molecule has 0 bridgehead atoms. The largest absolute Gasteiger partial charge is 0.343 e. The third-order valence-corrected chi connectivity index (χ3v) is 6.67. The van der Waals surface area contributed by atoms with E-state index < -0.39 is 9.84 Å². The van der Waals surface area contributed by atoms with Gasteiger partial charge >= 0.3 is 0 Å². The molecule has 3 rings (SSSR count). The van der Waals surface area contributed by atoms with Crippen molar-refractivity contribution in [2.24, 2.45) is 0 Å². The van der Waals surface area contributed by atoms with E-state index in [1.54, 1.807) is 29.9 Å². The Morgan fingerprint density at radius 3 is 2.55 bits per heavy atom. The van der Waals surface area contributed by atoms with Crippen LogP contribution in [0.25, 0.3) is 10.9 Å². The predicted molar refractivity (Wildman–Crippen MR) is 112 cm³/mol. The summed E-state index contributed by atoms with van der Waals surface area (Å²) in [5.41, 5.74) is 2.38. The Labute approximate surface area is 170 Å². The molecule has 150 valence electrons. The van der Waals surface area contributed by atoms with E-state index in [9.17, 15) is 13.2 Å². The summed E-state index contributed by atoms with van der Waals surface area (Å²) in [5, 5.41) is 9.31. The van der Waals surface area contributed by atoms with Crippen LogP contribution in [-0.4, -0.2) is 37.4 Å². The molecule has 0 unspecified atom stereocenters. The molecule has 0 saturated carbocycles. The number of fused-ring (bicyclic) bond motifs is 1. The molecule has 2 aromatic carbocycles. The second-order valence-electron chi connectivity index (χ2n) is 7.05. The fraction of sp³-hybridized carbons (Fsp3) is 0.273. The first kappa shape index (κ1) is 20.6. The molecule has 0 spiro atoms. The zero-order valence-corrected chi connectivity index (χ0v) is 17.3. The Balaban J connectivity index is 1.97. The zero-order valence-electron chi connectivity index (χ0n) is 16.5. The lowest BCUT2D eigenvalue weighted by molar-refractivity contribution is -0.130. The van der Waals surface area contributed by atoms with E-state index in [2.05, 4.69) is 0 Å². The molecule has 29 heavy (non-hydrogen) atoms. The monoisotopic (exact) mass is 409 g/mol. The zero-order chi connectivity index (χ0) is 21.0. The van der Waals surface area contributed by atoms with Gasteiger partial charge in [0.1, 0.15) is 6.54 Å². The van der Waals surface area contributed by atoms with E-state index in [-0.39, 0.29) is 29.5 Å². The summed E-state index contributed by atoms with van der Waals surface area (Å²) in [6.45, 7) is 2.25. The smallest absolute Gasteiger partial charge is 0.242 e. The van der Waals surface area contributed by atoms with Gasteiger partial charge in [-0.1, -0.05) is 42.5 Å². The number of hydrogen-bond donors (Lipinski definition) is 0. The van der Waals surface area contributed by atoms with Crippen LogP contribution >= 0.6 is 0 Å². The Bertz CT molecular complexity index is 1190. The maximum atomic E-state index is 13.2. The minimum absolute atomic E-state index is 0.0162. The van der Waals surface area contributed by atoms with Crippen LogP contribution in [0, 0.1) is 18.3 Å². The van der Waals surface area contributed by atoms with Gasteiger partial charge in [0.25, 0.3) is 0 Å². The number of carbonyl (C=O) groups is 1. The number of aromatic nitrogens is 1. The van der Waals surface area contributed by atoms with Crippen molar-refractivity contribution < 1.29 is 13.2 Å². The number of aryl methyl sites for hydroxylation is 1. The van der Waals surface area contributed by atoms with Crippen LogP contribution in [0.15, 0.2) is 59.6 Å². The van der Waals surface area contributed by atoms with Gasteiger partial charge in [-0.15, -0.1) is 0 Å². The van der Waals surface area contributed by atoms with E-state index in [0.29, 0.717) is 17.4 Å². The van der Waals surface area contributed by atoms with Gasteiger partial charge < -0.3 is 9.47 Å². The molecule has 7 heteroatoms. The standard InChI is InChI=1S/C22H23N3O3S/c1-17-8-3-4-9-18(17)16-29(27,28)21-14-25(20-11-6-5-10-19(20)21)15-22(26)24(2)13-7-12-23/h3-6,8-11,14H,7,13,15-16H2,1-2H3. The van der Waals surface area contributed by atoms with Crippen LogP contribution in [0.3, 0.4) is 0 Å². The normalized spacial score (nSPS) is 11.3. The third kappa shape index (κ3) is 4.49. The molecule has 0 aliphatic heterocycles. The van der Waals surface area contributed by atoms with Crippen LogP contribution in [0.1, 0.15) is 17.5 Å². The summed E-state index contributed by atoms with van der Waals surface area (Å²) in [5.74, 6) is -0.271. The van der Waals surface area contributed by atoms with Gasteiger partial charge in [0.05, 0.1) is 23.1 Å². The van der Waals surface area contributed by atoms with Crippen molar-refractivity contribution in [1.82, 2.24) is 9.47 Å². The van der Waals surface area contributed by atoms with E-state index in [4.69, 9.17) is 5.26 Å². The fourth-order valence-electron chi connectivity index (χ4n) is 3.26. The van der Waals surface area contributed by atoms with Crippen LogP contribution in [0.5, 0.6) is 0 Å². The highest BCUT2D eigenvalue weighted by Crippen LogP contribution is 2.28. The van der Waals surface area contributed by atoms with Gasteiger partial charge in [-0.2, -0.15) is 5.26 Å². The van der Waals surface area contributed by atoms with Gasteiger partial charge in [-0.25, -0.2) is 8.42 Å². The summed E-state index contributed by atoms with van der Waals surface area (Å²) >= 11 is 0. The number of nitrogens with zero attached hydrogens (tertiary/aromatic N) is 3. The van der Waals surface area contributed by atoms with E-state index in [0.717, 1.165) is 11.1 Å². The lowest BCUT2D eigenvalue weighted by atomic mass is 10.1. The number of benzene rings is 2. The topological polar surface area (TPSA) is 83.2 Å². The second-order valence-corrected chi connectivity index (χ2v) is 9.01. The lowest BCUT2D eigenvalue weighted by Crippen LogP contribution is -2.30. The molecule has 6 nitrogen and oxygen atoms in total. The third-order valence-electron chi connectivity index (χ3n) is 4.98. The van der Waals surface area contributed by atoms with Crippen molar-refractivity contribution in [2.75, 3.05) is 13.6 Å². The van der Waals surface area contributed by atoms with E-state index in [1.807, 2.05) is 49.4 Å². The molecule has 0 atom stereocenters. The number of carbonyl (C=O) groups excluding carboxylic acids is 1. The predicted octanol–water partition coefficient (Wildman–Crippen LogP) is 3.30. The first-order valence-electron chi connectivity index (χ1n) is 9.29. The minimum atomic E-state index is -3.60. The van der Waals surface area contributed by atoms with Gasteiger partial charge in [-0.3, -0.25) is 4.79 Å². The quantitative estimate of drug-likeness (QED) is 0.599. The SMILES string of the molecule is Cc1ccccc1CS(=O)(=O)c1cn(CC(=O)N(C)CCC#N)c2ccccc12. The minimum Gasteiger partial charge on any atom is -0.343 e. The van der Waals surface area contributed by atoms with Crippen LogP contribution in [0.2, 0.25) is 0 Å². The number of nitriles is 1. The Kier molecular flexibility index (Phi) is 6.04. The summed E-state index contributed by atoms with van der Waals surface area (Å²) in [4.78, 5) is 14.2. The molecule has 0 N–H and O–H groups in total. The number of para-hydroxylation sites is 1. The van der Waals surface area contributed by atoms with Crippen molar-refractivity contribution in [1.29, 1.82) is 5.26 Å². The van der Waals surface area contributed by atoms with Gasteiger partial charge in [0.15, 0.2) is 9.84 Å². The molecule has 0 aliphatic carbocycles. The number of hydrogen-bond acceptors (Lipinski definition) is 4. The van der Waals surface area contributed by atoms with Crippen molar-refractivity contribution in [3.8, 4) is 6.07 Å². The number of amides is 1. The number of rotatable bonds is 7. The Morgan fingerprint density at radius 2 is 1.83 bits per heavy atom. The molecular weight excluding hydrogens is 386 g/mol. The molecular formula is C22H23N3O3S. The Morgan fingerprint density at radius 1 is 1.14 bits per heavy atom. The molecule has 0 radical (unpaired) electrons. The molecule has 0 fully saturated rings. The summed E-state index contributed by atoms with van der Waals surface area (Å²) in [7, 11) is -1.96. The molecule has 0 saturated heterocycles. The summed E-state index contributed by atoms with van der Waals surface area (Å²) in [6, 6.07) is 16.6. The summed E-state index contributed by atoms with van der Waals surface area (Å²) < 4.78 is 28.1. The van der Waals surface area contributed by atoms with E-state index in [1.165, 1.54) is 4.90 Å². The van der Waals surface area contributed by atoms with Crippen molar-refractivity contribution in [2.45, 2.75) is 30.5 Å². The van der Waals surface area contributed by atoms with Crippen molar-refractivity contribution in [3.05, 3.63) is 65.9 Å². The Hall–Kier alpha value is -3.11. The molecule has 1 aromatic heterocycles. The fourth-order valence-corrected chi connectivity index (χ4v) is 4.94. The highest BCUT2D eigenvalue weighted by molar-refractivity contribution is 7.90. The highest BCUT2D eigenvalue weighted by Gasteiger charge is 2.23. The molecule has 1 heterocycles. The number of likely N-dealkylation sites (N-methyl/N-ethyl adjacent to an activating group) is 1. The van der Waals surface area contributed by atoms with Crippen molar-refractivity contribution >= 4 is 26.6 Å². The first-order valence-corrected chi connectivity index (χ1v) is 10.9. The number of sulfone groups is 1. The highest BCUT2D eigenvalue weighted by atomic mass is 32.2. The van der Waals surface area contributed by atoms with Gasteiger partial charge in [0.2, 0.25) is 5.91 Å². The molecule has 0 aliphatic rings. The average Bonchev–Trinajstić information content (AvgIpc) is 3.07. The van der Waals surface area contributed by atoms with Crippen LogP contribution < -0.4 is 0 Å². The van der Waals surface area contributed by atoms with Crippen molar-refractivity contribution in [3.63, 3.8) is 0 Å². The van der Waals surface area contributed by atoms with Gasteiger partial charge in [-0.05, 0) is 24.1 Å². The second kappa shape index (κ2) is 8.50. The van der Waals surface area contributed by atoms with Gasteiger partial charge in [0, 0.05) is 30.7 Å². The average molecular weight is 410 g/mol. The van der Waals surface area contributed by atoms with Crippen LogP contribution in [0.4, 0.5) is 0 Å². The molecule has 1 amide bonds. The maximum absolute atomic E-state index is 13.2. The van der Waals surface area contributed by atoms with Crippen LogP contribution in [-0.2, 0) is 26.9 Å². The lowest BCUT2D eigenvalue weighted by Gasteiger charge is -2.16. The molecule has 3 aromatic rings. The maximum Gasteiger partial charge on any atom is 0.242 e. The van der Waals surface area contributed by atoms with E-state index >= 15 is 0 Å². The summed E-state index contributed by atoms with van der Waals surface area (Å²) in [6.07, 6.45) is 1.80.